The lowest BCUT2D eigenvalue weighted by molar-refractivity contribution is 0.0146. The molecule has 0 saturated carbocycles. The van der Waals surface area contributed by atoms with Crippen LogP contribution in [0.15, 0.2) is 12.1 Å². The normalized spacial score (nSPS) is 16.4. The number of nitrogens with zero attached hydrogens (tertiary/aromatic N) is 1. The van der Waals surface area contributed by atoms with E-state index in [1.807, 2.05) is 6.92 Å². The van der Waals surface area contributed by atoms with E-state index in [1.165, 1.54) is 0 Å². The van der Waals surface area contributed by atoms with Crippen LogP contribution in [0.1, 0.15) is 30.1 Å². The van der Waals surface area contributed by atoms with Crippen molar-refractivity contribution in [1.82, 2.24) is 4.90 Å². The van der Waals surface area contributed by atoms with Gasteiger partial charge in [-0.1, -0.05) is 0 Å². The van der Waals surface area contributed by atoms with Gasteiger partial charge in [-0.05, 0) is 25.8 Å². The molecular weight excluding hydrogens is 266 g/mol. The molecule has 0 radical (unpaired) electrons. The van der Waals surface area contributed by atoms with Crippen LogP contribution in [0.25, 0.3) is 0 Å². The number of anilines is 1. The summed E-state index contributed by atoms with van der Waals surface area (Å²) in [6.45, 7) is 3.64. The number of halogens is 2. The molecule has 1 aliphatic heterocycles. The van der Waals surface area contributed by atoms with Crippen LogP contribution in [0.3, 0.4) is 0 Å². The van der Waals surface area contributed by atoms with Gasteiger partial charge in [0, 0.05) is 31.5 Å². The quantitative estimate of drug-likeness (QED) is 0.866. The lowest BCUT2D eigenvalue weighted by Crippen LogP contribution is -2.41. The van der Waals surface area contributed by atoms with Crippen molar-refractivity contribution >= 4 is 11.6 Å². The van der Waals surface area contributed by atoms with E-state index >= 15 is 0 Å². The van der Waals surface area contributed by atoms with Gasteiger partial charge in [-0.2, -0.15) is 0 Å². The number of rotatable bonds is 3. The van der Waals surface area contributed by atoms with Gasteiger partial charge < -0.3 is 15.4 Å². The van der Waals surface area contributed by atoms with Gasteiger partial charge in [0.05, 0.1) is 11.7 Å². The van der Waals surface area contributed by atoms with Crippen molar-refractivity contribution < 1.29 is 18.3 Å². The van der Waals surface area contributed by atoms with Gasteiger partial charge in [0.15, 0.2) is 11.6 Å². The first-order valence-corrected chi connectivity index (χ1v) is 6.68. The highest BCUT2D eigenvalue weighted by Crippen LogP contribution is 2.21. The SMILES string of the molecule is CCOC1CCN(C(=O)c2cc(F)c(F)cc2N)CC1. The van der Waals surface area contributed by atoms with Crippen molar-refractivity contribution in [3.8, 4) is 0 Å². The van der Waals surface area contributed by atoms with Crippen LogP contribution >= 0.6 is 0 Å². The van der Waals surface area contributed by atoms with Crippen molar-refractivity contribution in [2.75, 3.05) is 25.4 Å². The smallest absolute Gasteiger partial charge is 0.256 e. The van der Waals surface area contributed by atoms with Crippen LogP contribution in [0.5, 0.6) is 0 Å². The summed E-state index contributed by atoms with van der Waals surface area (Å²) in [5, 5.41) is 0. The monoisotopic (exact) mass is 284 g/mol. The average molecular weight is 284 g/mol. The minimum Gasteiger partial charge on any atom is -0.398 e. The van der Waals surface area contributed by atoms with E-state index in [0.717, 1.165) is 25.0 Å². The summed E-state index contributed by atoms with van der Waals surface area (Å²) in [5.41, 5.74) is 5.57. The molecule has 110 valence electrons. The van der Waals surface area contributed by atoms with Crippen LogP contribution in [0, 0.1) is 11.6 Å². The van der Waals surface area contributed by atoms with Crippen LogP contribution in [0.4, 0.5) is 14.5 Å². The lowest BCUT2D eigenvalue weighted by Gasteiger charge is -2.32. The van der Waals surface area contributed by atoms with Crippen molar-refractivity contribution in [2.24, 2.45) is 0 Å². The molecule has 1 aliphatic rings. The van der Waals surface area contributed by atoms with Crippen molar-refractivity contribution in [2.45, 2.75) is 25.9 Å². The minimum absolute atomic E-state index is 0.0127. The van der Waals surface area contributed by atoms with E-state index in [2.05, 4.69) is 0 Å². The summed E-state index contributed by atoms with van der Waals surface area (Å²) >= 11 is 0. The van der Waals surface area contributed by atoms with Crippen LogP contribution in [0.2, 0.25) is 0 Å². The number of carbonyl (C=O) groups is 1. The third-order valence-electron chi connectivity index (χ3n) is 3.45. The molecule has 2 N–H and O–H groups in total. The number of hydrogen-bond acceptors (Lipinski definition) is 3. The molecular formula is C14H18F2N2O2. The molecule has 6 heteroatoms. The summed E-state index contributed by atoms with van der Waals surface area (Å²) in [4.78, 5) is 13.9. The maximum absolute atomic E-state index is 13.2. The molecule has 0 aliphatic carbocycles. The highest BCUT2D eigenvalue weighted by atomic mass is 19.2. The van der Waals surface area contributed by atoms with E-state index in [0.29, 0.717) is 19.7 Å². The average Bonchev–Trinajstić information content (AvgIpc) is 2.43. The number of nitrogens with two attached hydrogens (primary N) is 1. The molecule has 0 atom stereocenters. The van der Waals surface area contributed by atoms with E-state index < -0.39 is 11.6 Å². The zero-order valence-electron chi connectivity index (χ0n) is 11.4. The number of likely N-dealkylation sites (tertiary alicyclic amines) is 1. The number of benzene rings is 1. The molecule has 1 aromatic rings. The summed E-state index contributed by atoms with van der Waals surface area (Å²) in [6.07, 6.45) is 1.64. The fraction of sp³-hybridized carbons (Fsp3) is 0.500. The number of amides is 1. The Balaban J connectivity index is 2.07. The van der Waals surface area contributed by atoms with Gasteiger partial charge in [0.2, 0.25) is 0 Å². The van der Waals surface area contributed by atoms with Gasteiger partial charge in [-0.25, -0.2) is 8.78 Å². The first-order chi connectivity index (χ1) is 9.52. The third kappa shape index (κ3) is 3.07. The zero-order chi connectivity index (χ0) is 14.7. The number of hydrogen-bond donors (Lipinski definition) is 1. The molecule has 2 rings (SSSR count). The van der Waals surface area contributed by atoms with Gasteiger partial charge >= 0.3 is 0 Å². The third-order valence-corrected chi connectivity index (χ3v) is 3.45. The summed E-state index contributed by atoms with van der Waals surface area (Å²) in [5.74, 6) is -2.47. The number of nitrogen functional groups attached to an aromatic ring is 1. The fourth-order valence-corrected chi connectivity index (χ4v) is 2.38. The zero-order valence-corrected chi connectivity index (χ0v) is 11.4. The minimum atomic E-state index is -1.06. The Morgan fingerprint density at radius 1 is 1.35 bits per heavy atom. The highest BCUT2D eigenvalue weighted by molar-refractivity contribution is 5.99. The summed E-state index contributed by atoms with van der Waals surface area (Å²) in [7, 11) is 0. The Morgan fingerprint density at radius 2 is 1.95 bits per heavy atom. The summed E-state index contributed by atoms with van der Waals surface area (Å²) in [6, 6.07) is 1.71. The largest absolute Gasteiger partial charge is 0.398 e. The molecule has 0 unspecified atom stereocenters. The predicted molar refractivity (Wildman–Crippen MR) is 71.3 cm³/mol. The molecule has 20 heavy (non-hydrogen) atoms. The number of piperidine rings is 1. The maximum atomic E-state index is 13.2. The molecule has 1 aromatic carbocycles. The second kappa shape index (κ2) is 6.17. The Labute approximate surface area is 116 Å². The van der Waals surface area contributed by atoms with E-state index in [9.17, 15) is 13.6 Å². The molecule has 0 spiro atoms. The van der Waals surface area contributed by atoms with Crippen LogP contribution < -0.4 is 5.73 Å². The highest BCUT2D eigenvalue weighted by Gasteiger charge is 2.25. The Bertz CT molecular complexity index is 500. The fourth-order valence-electron chi connectivity index (χ4n) is 2.38. The molecule has 0 bridgehead atoms. The van der Waals surface area contributed by atoms with Gasteiger partial charge in [0.1, 0.15) is 0 Å². The first-order valence-electron chi connectivity index (χ1n) is 6.68. The van der Waals surface area contributed by atoms with E-state index in [-0.39, 0.29) is 23.3 Å². The molecule has 1 fully saturated rings. The Hall–Kier alpha value is -1.69. The van der Waals surface area contributed by atoms with Gasteiger partial charge in [0.25, 0.3) is 5.91 Å². The molecule has 1 heterocycles. The second-order valence-electron chi connectivity index (χ2n) is 4.80. The molecule has 1 amide bonds. The van der Waals surface area contributed by atoms with Gasteiger partial charge in [-0.3, -0.25) is 4.79 Å². The number of ether oxygens (including phenoxy) is 1. The number of carbonyl (C=O) groups excluding carboxylic acids is 1. The van der Waals surface area contributed by atoms with Crippen LogP contribution in [-0.2, 0) is 4.74 Å². The Morgan fingerprint density at radius 3 is 2.55 bits per heavy atom. The summed E-state index contributed by atoms with van der Waals surface area (Å²) < 4.78 is 31.7. The lowest BCUT2D eigenvalue weighted by atomic mass is 10.1. The second-order valence-corrected chi connectivity index (χ2v) is 4.80. The van der Waals surface area contributed by atoms with Crippen molar-refractivity contribution in [1.29, 1.82) is 0 Å². The molecule has 0 aromatic heterocycles. The molecule has 4 nitrogen and oxygen atoms in total. The Kier molecular flexibility index (Phi) is 4.54. The van der Waals surface area contributed by atoms with Crippen LogP contribution in [-0.4, -0.2) is 36.6 Å². The molecule has 1 saturated heterocycles. The van der Waals surface area contributed by atoms with E-state index in [1.54, 1.807) is 4.90 Å². The first kappa shape index (κ1) is 14.7. The standard InChI is InChI=1S/C14H18F2N2O2/c1-2-20-9-3-5-18(6-4-9)14(19)10-7-11(15)12(16)8-13(10)17/h7-9H,2-6,17H2,1H3. The predicted octanol–water partition coefficient (Wildman–Crippen LogP) is 2.19. The maximum Gasteiger partial charge on any atom is 0.256 e. The topological polar surface area (TPSA) is 55.6 Å². The van der Waals surface area contributed by atoms with Gasteiger partial charge in [-0.15, -0.1) is 0 Å². The van der Waals surface area contributed by atoms with Crippen molar-refractivity contribution in [3.63, 3.8) is 0 Å². The van der Waals surface area contributed by atoms with E-state index in [4.69, 9.17) is 10.5 Å². The van der Waals surface area contributed by atoms with Crippen molar-refractivity contribution in [3.05, 3.63) is 29.3 Å².